The number of hydrogen-bond donors (Lipinski definition) is 2. The summed E-state index contributed by atoms with van der Waals surface area (Å²) >= 11 is 0. The second-order valence-corrected chi connectivity index (χ2v) is 7.24. The van der Waals surface area contributed by atoms with Crippen molar-refractivity contribution in [2.45, 2.75) is 71.8 Å². The van der Waals surface area contributed by atoms with E-state index in [1.165, 1.54) is 32.1 Å². The molecular formula is C20H34N2O3. The second-order valence-electron chi connectivity index (χ2n) is 7.24. The first-order valence-electron chi connectivity index (χ1n) is 9.27. The molecule has 0 aliphatic heterocycles. The van der Waals surface area contributed by atoms with E-state index >= 15 is 0 Å². The molecule has 5 nitrogen and oxygen atoms in total. The summed E-state index contributed by atoms with van der Waals surface area (Å²) in [7, 11) is 1.58. The first-order chi connectivity index (χ1) is 11.9. The van der Waals surface area contributed by atoms with Crippen LogP contribution in [0.15, 0.2) is 18.2 Å². The van der Waals surface area contributed by atoms with Crippen molar-refractivity contribution in [1.29, 1.82) is 0 Å². The first-order valence-corrected chi connectivity index (χ1v) is 9.27. The molecule has 0 heterocycles. The largest absolute Gasteiger partial charge is 0.495 e. The van der Waals surface area contributed by atoms with Crippen LogP contribution in [-0.2, 0) is 4.74 Å². The minimum absolute atomic E-state index is 0.487. The maximum absolute atomic E-state index is 12.0. The molecule has 0 atom stereocenters. The summed E-state index contributed by atoms with van der Waals surface area (Å²) in [5, 5.41) is 6.16. The number of methoxy groups -OCH3 is 1. The third kappa shape index (κ3) is 9.22. The molecule has 1 aromatic rings. The standard InChI is InChI=1S/C20H34N2O3/c1-6-7-8-9-10-11-14-21-16-12-13-18(24-5)17(15-16)22-19(23)25-20(2,3)4/h12-13,15,21H,6-11,14H2,1-5H3,(H,22,23). The van der Waals surface area contributed by atoms with E-state index < -0.39 is 11.7 Å². The van der Waals surface area contributed by atoms with Gasteiger partial charge in [0.15, 0.2) is 0 Å². The molecular weight excluding hydrogens is 316 g/mol. The number of carbonyl (C=O) groups is 1. The van der Waals surface area contributed by atoms with Crippen molar-refractivity contribution in [2.75, 3.05) is 24.3 Å². The van der Waals surface area contributed by atoms with Gasteiger partial charge in [0.05, 0.1) is 12.8 Å². The Morgan fingerprint density at radius 2 is 1.76 bits per heavy atom. The van der Waals surface area contributed by atoms with E-state index in [1.54, 1.807) is 7.11 Å². The lowest BCUT2D eigenvalue weighted by Gasteiger charge is -2.20. The lowest BCUT2D eigenvalue weighted by molar-refractivity contribution is 0.0635. The molecule has 1 aromatic carbocycles. The van der Waals surface area contributed by atoms with Crippen LogP contribution in [0.4, 0.5) is 16.2 Å². The summed E-state index contributed by atoms with van der Waals surface area (Å²) in [6.45, 7) is 8.66. The highest BCUT2D eigenvalue weighted by Crippen LogP contribution is 2.28. The number of amides is 1. The van der Waals surface area contributed by atoms with Gasteiger partial charge in [0, 0.05) is 12.2 Å². The van der Waals surface area contributed by atoms with E-state index in [2.05, 4.69) is 17.6 Å². The number of unbranched alkanes of at least 4 members (excludes halogenated alkanes) is 5. The average molecular weight is 351 g/mol. The maximum atomic E-state index is 12.0. The molecule has 0 aromatic heterocycles. The van der Waals surface area contributed by atoms with E-state index in [-0.39, 0.29) is 0 Å². The molecule has 0 saturated carbocycles. The van der Waals surface area contributed by atoms with E-state index in [9.17, 15) is 4.79 Å². The summed E-state index contributed by atoms with van der Waals surface area (Å²) in [6, 6.07) is 5.67. The Morgan fingerprint density at radius 3 is 2.40 bits per heavy atom. The van der Waals surface area contributed by atoms with Crippen LogP contribution in [-0.4, -0.2) is 25.3 Å². The minimum Gasteiger partial charge on any atom is -0.495 e. The lowest BCUT2D eigenvalue weighted by atomic mass is 10.1. The molecule has 1 amide bonds. The fourth-order valence-corrected chi connectivity index (χ4v) is 2.47. The number of anilines is 2. The highest BCUT2D eigenvalue weighted by Gasteiger charge is 2.17. The van der Waals surface area contributed by atoms with E-state index in [4.69, 9.17) is 9.47 Å². The SMILES string of the molecule is CCCCCCCCNc1ccc(OC)c(NC(=O)OC(C)(C)C)c1. The summed E-state index contributed by atoms with van der Waals surface area (Å²) < 4.78 is 10.6. The van der Waals surface area contributed by atoms with E-state index in [0.29, 0.717) is 11.4 Å². The minimum atomic E-state index is -0.537. The van der Waals surface area contributed by atoms with Gasteiger partial charge in [-0.15, -0.1) is 0 Å². The molecule has 142 valence electrons. The molecule has 0 radical (unpaired) electrons. The molecule has 5 heteroatoms. The molecule has 0 unspecified atom stereocenters. The third-order valence-corrected chi connectivity index (χ3v) is 3.69. The van der Waals surface area contributed by atoms with Gasteiger partial charge in [-0.1, -0.05) is 39.0 Å². The van der Waals surface area contributed by atoms with Crippen molar-refractivity contribution in [2.24, 2.45) is 0 Å². The van der Waals surface area contributed by atoms with Crippen molar-refractivity contribution in [3.05, 3.63) is 18.2 Å². The molecule has 0 spiro atoms. The highest BCUT2D eigenvalue weighted by molar-refractivity contribution is 5.88. The summed E-state index contributed by atoms with van der Waals surface area (Å²) in [5.74, 6) is 0.607. The van der Waals surface area contributed by atoms with Gasteiger partial charge in [-0.3, -0.25) is 5.32 Å². The Kier molecular flexibility index (Phi) is 9.17. The van der Waals surface area contributed by atoms with Crippen LogP contribution < -0.4 is 15.4 Å². The summed E-state index contributed by atoms with van der Waals surface area (Å²) in [6.07, 6.45) is 7.12. The van der Waals surface area contributed by atoms with Crippen LogP contribution >= 0.6 is 0 Å². The van der Waals surface area contributed by atoms with Crippen LogP contribution in [0.1, 0.15) is 66.2 Å². The number of benzene rings is 1. The number of ether oxygens (including phenoxy) is 2. The van der Waals surface area contributed by atoms with E-state index in [0.717, 1.165) is 18.7 Å². The summed E-state index contributed by atoms with van der Waals surface area (Å²) in [5.41, 5.74) is 1.02. The van der Waals surface area contributed by atoms with Crippen LogP contribution in [0.25, 0.3) is 0 Å². The number of carbonyl (C=O) groups excluding carboxylic acids is 1. The topological polar surface area (TPSA) is 59.6 Å². The number of hydrogen-bond acceptors (Lipinski definition) is 4. The Bertz CT molecular complexity index is 524. The maximum Gasteiger partial charge on any atom is 0.412 e. The van der Waals surface area contributed by atoms with Crippen LogP contribution in [0.3, 0.4) is 0 Å². The zero-order chi connectivity index (χ0) is 18.7. The number of nitrogens with one attached hydrogen (secondary N) is 2. The molecule has 0 saturated heterocycles. The van der Waals surface area contributed by atoms with Crippen LogP contribution in [0.2, 0.25) is 0 Å². The van der Waals surface area contributed by atoms with Gasteiger partial charge in [-0.25, -0.2) is 4.79 Å². The second kappa shape index (κ2) is 10.9. The normalized spacial score (nSPS) is 11.1. The Labute approximate surface area is 152 Å². The fraction of sp³-hybridized carbons (Fsp3) is 0.650. The van der Waals surface area contributed by atoms with Crippen molar-refractivity contribution in [3.63, 3.8) is 0 Å². The van der Waals surface area contributed by atoms with Gasteiger partial charge in [0.25, 0.3) is 0 Å². The molecule has 0 fully saturated rings. The molecule has 25 heavy (non-hydrogen) atoms. The molecule has 0 aliphatic carbocycles. The van der Waals surface area contributed by atoms with Crippen molar-refractivity contribution < 1.29 is 14.3 Å². The predicted octanol–water partition coefficient (Wildman–Crippen LogP) is 5.81. The molecule has 0 bridgehead atoms. The smallest absolute Gasteiger partial charge is 0.412 e. The van der Waals surface area contributed by atoms with Crippen molar-refractivity contribution >= 4 is 17.5 Å². The monoisotopic (exact) mass is 350 g/mol. The molecule has 0 aliphatic rings. The molecule has 2 N–H and O–H groups in total. The summed E-state index contributed by atoms with van der Waals surface area (Å²) in [4.78, 5) is 12.0. The third-order valence-electron chi connectivity index (χ3n) is 3.69. The Morgan fingerprint density at radius 1 is 1.08 bits per heavy atom. The quantitative estimate of drug-likeness (QED) is 0.522. The van der Waals surface area contributed by atoms with E-state index in [1.807, 2.05) is 39.0 Å². The Balaban J connectivity index is 2.52. The zero-order valence-electron chi connectivity index (χ0n) is 16.4. The molecule has 1 rings (SSSR count). The Hall–Kier alpha value is -1.91. The van der Waals surface area contributed by atoms with Crippen molar-refractivity contribution in [3.8, 4) is 5.75 Å². The van der Waals surface area contributed by atoms with Gasteiger partial charge < -0.3 is 14.8 Å². The number of rotatable bonds is 10. The fourth-order valence-electron chi connectivity index (χ4n) is 2.47. The van der Waals surface area contributed by atoms with Gasteiger partial charge in [-0.2, -0.15) is 0 Å². The van der Waals surface area contributed by atoms with Gasteiger partial charge in [0.1, 0.15) is 11.4 Å². The first kappa shape index (κ1) is 21.1. The average Bonchev–Trinajstić information content (AvgIpc) is 2.52. The van der Waals surface area contributed by atoms with Gasteiger partial charge in [-0.05, 0) is 45.4 Å². The highest BCUT2D eigenvalue weighted by atomic mass is 16.6. The zero-order valence-corrected chi connectivity index (χ0v) is 16.4. The van der Waals surface area contributed by atoms with Gasteiger partial charge >= 0.3 is 6.09 Å². The van der Waals surface area contributed by atoms with Crippen molar-refractivity contribution in [1.82, 2.24) is 0 Å². The van der Waals surface area contributed by atoms with Crippen LogP contribution in [0, 0.1) is 0 Å². The lowest BCUT2D eigenvalue weighted by Crippen LogP contribution is -2.27. The predicted molar refractivity (Wildman–Crippen MR) is 105 cm³/mol. The van der Waals surface area contributed by atoms with Gasteiger partial charge in [0.2, 0.25) is 0 Å². The van der Waals surface area contributed by atoms with Crippen LogP contribution in [0.5, 0.6) is 5.75 Å².